The third-order valence-corrected chi connectivity index (χ3v) is 4.62. The van der Waals surface area contributed by atoms with E-state index in [1.807, 2.05) is 13.8 Å². The number of hydrogen-bond acceptors (Lipinski definition) is 6. The maximum atomic E-state index is 11.0. The van der Waals surface area contributed by atoms with Gasteiger partial charge in [-0.25, -0.2) is 4.79 Å². The van der Waals surface area contributed by atoms with E-state index in [2.05, 4.69) is 25.3 Å². The normalized spacial score (nSPS) is 16.8. The largest absolute Gasteiger partial charge is 0.481 e. The van der Waals surface area contributed by atoms with Gasteiger partial charge in [-0.1, -0.05) is 6.92 Å². The van der Waals surface area contributed by atoms with Crippen LogP contribution in [0.4, 0.5) is 0 Å². The Morgan fingerprint density at radius 1 is 1.17 bits per heavy atom. The molecule has 0 radical (unpaired) electrons. The second-order valence-corrected chi connectivity index (χ2v) is 9.46. The molecule has 0 bridgehead atoms. The zero-order valence-electron chi connectivity index (χ0n) is 10.8. The lowest BCUT2D eigenvalue weighted by Crippen LogP contribution is -2.30. The van der Waals surface area contributed by atoms with Crippen molar-refractivity contribution in [2.24, 2.45) is 0 Å². The molecule has 8 heteroatoms. The van der Waals surface area contributed by atoms with Crippen LogP contribution in [0.1, 0.15) is 34.1 Å². The van der Waals surface area contributed by atoms with Crippen LogP contribution < -0.4 is 0 Å². The molecule has 2 atom stereocenters. The average Bonchev–Trinajstić information content (AvgIpc) is 2.15. The van der Waals surface area contributed by atoms with Crippen LogP contribution in [0.15, 0.2) is 0 Å². The molecule has 0 rings (SSSR count). The first-order chi connectivity index (χ1) is 8.05. The maximum Gasteiger partial charge on any atom is 0.329 e. The number of aliphatic carboxylic acids is 2. The topological polar surface area (TPSA) is 74.6 Å². The van der Waals surface area contributed by atoms with Gasteiger partial charge in [-0.15, -0.1) is 23.5 Å². The summed E-state index contributed by atoms with van der Waals surface area (Å²) in [5.41, 5.74) is 0. The van der Waals surface area contributed by atoms with Gasteiger partial charge in [0.05, 0.1) is 0 Å². The number of hydrogen-bond donors (Lipinski definition) is 4. The molecule has 0 aromatic heterocycles. The number of rotatable bonds is 6. The molecule has 0 fully saturated rings. The van der Waals surface area contributed by atoms with E-state index in [4.69, 9.17) is 10.2 Å². The number of carboxylic acid groups (broad SMARTS) is 2. The molecule has 2 unspecified atom stereocenters. The summed E-state index contributed by atoms with van der Waals surface area (Å²) >= 11 is 11.0. The van der Waals surface area contributed by atoms with Crippen molar-refractivity contribution in [1.82, 2.24) is 0 Å². The van der Waals surface area contributed by atoms with E-state index in [0.29, 0.717) is 0 Å². The van der Waals surface area contributed by atoms with Gasteiger partial charge < -0.3 is 10.2 Å². The molecule has 0 heterocycles. The lowest BCUT2D eigenvalue weighted by molar-refractivity contribution is -0.137. The van der Waals surface area contributed by atoms with Crippen LogP contribution in [0, 0.1) is 0 Å². The lowest BCUT2D eigenvalue weighted by atomic mass is 10.5. The van der Waals surface area contributed by atoms with Gasteiger partial charge in [-0.3, -0.25) is 4.79 Å². The Kier molecular flexibility index (Phi) is 11.7. The van der Waals surface area contributed by atoms with Crippen LogP contribution >= 0.6 is 48.8 Å². The highest BCUT2D eigenvalue weighted by Crippen LogP contribution is 2.43. The summed E-state index contributed by atoms with van der Waals surface area (Å²) in [5, 5.41) is 16.7. The molecule has 0 saturated heterocycles. The number of thioether (sulfide) groups is 2. The third-order valence-electron chi connectivity index (χ3n) is 1.48. The van der Waals surface area contributed by atoms with E-state index in [0.717, 1.165) is 0 Å². The summed E-state index contributed by atoms with van der Waals surface area (Å²) in [6, 6.07) is 0. The first kappa shape index (κ1) is 20.7. The molecule has 0 aliphatic heterocycles. The highest BCUT2D eigenvalue weighted by Gasteiger charge is 2.36. The van der Waals surface area contributed by atoms with Crippen molar-refractivity contribution in [2.45, 2.75) is 47.4 Å². The van der Waals surface area contributed by atoms with E-state index in [1.165, 1.54) is 23.5 Å². The Morgan fingerprint density at radius 3 is 1.56 bits per heavy atom. The van der Waals surface area contributed by atoms with Gasteiger partial charge >= 0.3 is 11.9 Å². The standard InChI is InChI=1S/C7H14O2S4.C3H6O2/c1-4(10)12-7(3,6(8)9)13-5(2)11;1-2-3(4)5/h4-5,10-11H,1-3H3,(H,8,9);2H2,1H3,(H,4,5). The minimum atomic E-state index is -0.859. The van der Waals surface area contributed by atoms with Gasteiger partial charge in [-0.2, -0.15) is 25.3 Å². The fourth-order valence-electron chi connectivity index (χ4n) is 0.780. The van der Waals surface area contributed by atoms with Gasteiger partial charge in [0.25, 0.3) is 0 Å². The zero-order valence-corrected chi connectivity index (χ0v) is 14.2. The number of carboxylic acids is 2. The molecule has 0 aromatic carbocycles. The summed E-state index contributed by atoms with van der Waals surface area (Å²) in [4.78, 5) is 20.4. The van der Waals surface area contributed by atoms with Crippen molar-refractivity contribution in [3.8, 4) is 0 Å². The maximum absolute atomic E-state index is 11.0. The molecule has 0 aliphatic carbocycles. The average molecular weight is 333 g/mol. The van der Waals surface area contributed by atoms with Crippen molar-refractivity contribution in [3.63, 3.8) is 0 Å². The predicted octanol–water partition coefficient (Wildman–Crippen LogP) is 3.29. The molecule has 0 saturated carbocycles. The predicted molar refractivity (Wildman–Crippen MR) is 86.0 cm³/mol. The first-order valence-corrected chi connectivity index (χ1v) is 8.01. The first-order valence-electron chi connectivity index (χ1n) is 5.22. The van der Waals surface area contributed by atoms with Crippen LogP contribution in [0.25, 0.3) is 0 Å². The van der Waals surface area contributed by atoms with Crippen molar-refractivity contribution in [1.29, 1.82) is 0 Å². The zero-order chi connectivity index (χ0) is 14.9. The Hall–Kier alpha value is 0.340. The summed E-state index contributed by atoms with van der Waals surface area (Å²) in [7, 11) is 0. The van der Waals surface area contributed by atoms with Crippen LogP contribution in [-0.4, -0.2) is 35.4 Å². The molecule has 4 nitrogen and oxygen atoms in total. The molecule has 0 amide bonds. The fraction of sp³-hybridized carbons (Fsp3) is 0.800. The van der Waals surface area contributed by atoms with E-state index in [-0.39, 0.29) is 15.6 Å². The molecule has 18 heavy (non-hydrogen) atoms. The molecular weight excluding hydrogens is 312 g/mol. The summed E-state index contributed by atoms with van der Waals surface area (Å²) < 4.78 is -0.858. The molecule has 0 spiro atoms. The Balaban J connectivity index is 0. The Bertz CT molecular complexity index is 259. The van der Waals surface area contributed by atoms with Crippen LogP contribution in [0.2, 0.25) is 0 Å². The smallest absolute Gasteiger partial charge is 0.329 e. The second kappa shape index (κ2) is 10.2. The minimum absolute atomic E-state index is 0.000633. The van der Waals surface area contributed by atoms with Crippen LogP contribution in [0.3, 0.4) is 0 Å². The second-order valence-electron chi connectivity index (χ2n) is 3.43. The van der Waals surface area contributed by atoms with Crippen LogP contribution in [-0.2, 0) is 9.59 Å². The fourth-order valence-corrected chi connectivity index (χ4v) is 5.06. The summed E-state index contributed by atoms with van der Waals surface area (Å²) in [6.45, 7) is 7.00. The molecule has 0 aromatic rings. The van der Waals surface area contributed by atoms with Crippen molar-refractivity contribution < 1.29 is 19.8 Å². The molecule has 2 N–H and O–H groups in total. The summed E-state index contributed by atoms with van der Waals surface area (Å²) in [6.07, 6.45) is 0.222. The van der Waals surface area contributed by atoms with Gasteiger partial charge in [0.15, 0.2) is 4.08 Å². The number of thiol groups is 2. The van der Waals surface area contributed by atoms with Gasteiger partial charge in [-0.05, 0) is 20.8 Å². The van der Waals surface area contributed by atoms with Gasteiger partial charge in [0.2, 0.25) is 0 Å². The van der Waals surface area contributed by atoms with Crippen molar-refractivity contribution in [2.75, 3.05) is 0 Å². The lowest BCUT2D eigenvalue weighted by Gasteiger charge is -2.26. The van der Waals surface area contributed by atoms with E-state index in [9.17, 15) is 9.59 Å². The molecule has 0 aliphatic rings. The van der Waals surface area contributed by atoms with E-state index in [1.54, 1.807) is 13.8 Å². The Morgan fingerprint density at radius 2 is 1.44 bits per heavy atom. The summed E-state index contributed by atoms with van der Waals surface area (Å²) in [5.74, 6) is -1.57. The van der Waals surface area contributed by atoms with E-state index < -0.39 is 16.0 Å². The van der Waals surface area contributed by atoms with Crippen molar-refractivity contribution in [3.05, 3.63) is 0 Å². The van der Waals surface area contributed by atoms with Crippen molar-refractivity contribution >= 4 is 60.7 Å². The third kappa shape index (κ3) is 11.4. The Labute approximate surface area is 127 Å². The highest BCUT2D eigenvalue weighted by molar-refractivity contribution is 8.25. The highest BCUT2D eigenvalue weighted by atomic mass is 32.2. The monoisotopic (exact) mass is 332 g/mol. The molecule has 108 valence electrons. The van der Waals surface area contributed by atoms with Gasteiger partial charge in [0, 0.05) is 15.6 Å². The van der Waals surface area contributed by atoms with E-state index >= 15 is 0 Å². The van der Waals surface area contributed by atoms with Crippen LogP contribution in [0.5, 0.6) is 0 Å². The number of carbonyl (C=O) groups is 2. The quantitative estimate of drug-likeness (QED) is 0.442. The molecular formula is C10H20O4S4. The minimum Gasteiger partial charge on any atom is -0.481 e. The SMILES string of the molecule is CC(S)SC(C)(SC(C)S)C(=O)O.CCC(=O)O. The van der Waals surface area contributed by atoms with Gasteiger partial charge in [0.1, 0.15) is 0 Å².